The van der Waals surface area contributed by atoms with Crippen molar-refractivity contribution in [1.29, 1.82) is 0 Å². The number of alkyl halides is 3. The van der Waals surface area contributed by atoms with E-state index in [1.165, 1.54) is 18.6 Å². The van der Waals surface area contributed by atoms with E-state index in [-0.39, 0.29) is 17.4 Å². The summed E-state index contributed by atoms with van der Waals surface area (Å²) in [7, 11) is 0. The fourth-order valence-electron chi connectivity index (χ4n) is 3.32. The number of rotatable bonds is 2. The van der Waals surface area contributed by atoms with Gasteiger partial charge in [-0.25, -0.2) is 9.97 Å². The van der Waals surface area contributed by atoms with E-state index in [1.54, 1.807) is 11.0 Å². The first-order valence-corrected chi connectivity index (χ1v) is 8.16. The Morgan fingerprint density at radius 2 is 2.12 bits per heavy atom. The summed E-state index contributed by atoms with van der Waals surface area (Å²) in [6.45, 7) is 0.450. The number of H-pyrrole nitrogens is 1. The lowest BCUT2D eigenvalue weighted by Crippen LogP contribution is -2.39. The molecule has 1 N–H and O–H groups in total. The number of imidazole rings is 1. The molecule has 1 fully saturated rings. The zero-order valence-electron chi connectivity index (χ0n) is 13.6. The molecule has 26 heavy (non-hydrogen) atoms. The maximum atomic E-state index is 13.5. The van der Waals surface area contributed by atoms with Crippen LogP contribution in [0.3, 0.4) is 0 Å². The number of carbonyl (C=O) groups excluding carboxylic acids is 1. The van der Waals surface area contributed by atoms with Gasteiger partial charge in [0.15, 0.2) is 0 Å². The van der Waals surface area contributed by atoms with E-state index >= 15 is 0 Å². The highest BCUT2D eigenvalue weighted by molar-refractivity contribution is 5.92. The van der Waals surface area contributed by atoms with Crippen molar-refractivity contribution in [2.75, 3.05) is 6.54 Å². The zero-order chi connectivity index (χ0) is 18.3. The number of aromatic amines is 1. The number of likely N-dealkylation sites (tertiary alicyclic amines) is 1. The number of aromatic nitrogens is 5. The third-order valence-corrected chi connectivity index (χ3v) is 4.52. The van der Waals surface area contributed by atoms with Crippen LogP contribution in [0, 0.1) is 0 Å². The van der Waals surface area contributed by atoms with E-state index < -0.39 is 17.9 Å². The van der Waals surface area contributed by atoms with Gasteiger partial charge < -0.3 is 4.90 Å². The highest BCUT2D eigenvalue weighted by Gasteiger charge is 2.37. The second-order valence-corrected chi connectivity index (χ2v) is 6.14. The van der Waals surface area contributed by atoms with Crippen molar-refractivity contribution >= 4 is 11.7 Å². The molecule has 0 bridgehead atoms. The van der Waals surface area contributed by atoms with Gasteiger partial charge in [-0.05, 0) is 31.4 Å². The van der Waals surface area contributed by atoms with Crippen LogP contribution in [0.2, 0.25) is 0 Å². The lowest BCUT2D eigenvalue weighted by atomic mass is 9.98. The van der Waals surface area contributed by atoms with Crippen molar-refractivity contribution in [3.63, 3.8) is 0 Å². The number of piperidine rings is 1. The standard InChI is InChI=1S/C16H15F3N6O/c17-16(18,19)13-9-11(22-15-20-6-8-25(13)15)12-3-1-2-7-24(12)14(26)10-4-5-21-23-10/h4-6,8-9,12H,1-3,7H2,(H,21,23)/t12-/m1/s1. The average molecular weight is 364 g/mol. The van der Waals surface area contributed by atoms with Crippen molar-refractivity contribution in [3.8, 4) is 0 Å². The van der Waals surface area contributed by atoms with Crippen LogP contribution in [0.5, 0.6) is 0 Å². The second kappa shape index (κ2) is 6.11. The zero-order valence-corrected chi connectivity index (χ0v) is 13.6. The summed E-state index contributed by atoms with van der Waals surface area (Å²) in [5.41, 5.74) is -0.354. The van der Waals surface area contributed by atoms with Crippen LogP contribution in [0.15, 0.2) is 30.7 Å². The van der Waals surface area contributed by atoms with Crippen molar-refractivity contribution in [2.24, 2.45) is 0 Å². The minimum atomic E-state index is -4.55. The predicted molar refractivity (Wildman–Crippen MR) is 84.2 cm³/mol. The third-order valence-electron chi connectivity index (χ3n) is 4.52. The molecule has 0 spiro atoms. The molecule has 1 amide bonds. The van der Waals surface area contributed by atoms with Crippen LogP contribution in [-0.2, 0) is 6.18 Å². The van der Waals surface area contributed by atoms with Crippen molar-refractivity contribution < 1.29 is 18.0 Å². The number of amides is 1. The molecular weight excluding hydrogens is 349 g/mol. The molecule has 1 atom stereocenters. The minimum absolute atomic E-state index is 0.0330. The topological polar surface area (TPSA) is 79.2 Å². The molecule has 0 aromatic carbocycles. The Kier molecular flexibility index (Phi) is 3.89. The quantitative estimate of drug-likeness (QED) is 0.758. The van der Waals surface area contributed by atoms with Crippen LogP contribution < -0.4 is 0 Å². The van der Waals surface area contributed by atoms with Crippen LogP contribution in [0.4, 0.5) is 13.2 Å². The van der Waals surface area contributed by atoms with Gasteiger partial charge in [0.1, 0.15) is 11.4 Å². The van der Waals surface area contributed by atoms with Gasteiger partial charge in [0.25, 0.3) is 5.91 Å². The van der Waals surface area contributed by atoms with Gasteiger partial charge in [-0.3, -0.25) is 14.3 Å². The van der Waals surface area contributed by atoms with Crippen LogP contribution in [0.1, 0.15) is 47.2 Å². The maximum Gasteiger partial charge on any atom is 0.431 e. The molecule has 0 saturated carbocycles. The van der Waals surface area contributed by atoms with Gasteiger partial charge in [-0.1, -0.05) is 0 Å². The van der Waals surface area contributed by atoms with Gasteiger partial charge in [-0.15, -0.1) is 0 Å². The molecule has 4 heterocycles. The summed E-state index contributed by atoms with van der Waals surface area (Å²) in [6.07, 6.45) is 1.54. The van der Waals surface area contributed by atoms with E-state index in [4.69, 9.17) is 0 Å². The summed E-state index contributed by atoms with van der Waals surface area (Å²) in [5.74, 6) is -0.333. The Balaban J connectivity index is 1.78. The first-order chi connectivity index (χ1) is 12.4. The molecule has 7 nitrogen and oxygen atoms in total. The molecule has 1 saturated heterocycles. The Hall–Kier alpha value is -2.91. The number of hydrogen-bond acceptors (Lipinski definition) is 4. The number of carbonyl (C=O) groups is 1. The number of halogens is 3. The molecule has 0 aliphatic carbocycles. The molecule has 1 aliphatic heterocycles. The fourth-order valence-corrected chi connectivity index (χ4v) is 3.32. The van der Waals surface area contributed by atoms with Crippen LogP contribution in [-0.4, -0.2) is 41.9 Å². The van der Waals surface area contributed by atoms with Gasteiger partial charge in [0.2, 0.25) is 5.78 Å². The predicted octanol–water partition coefficient (Wildman–Crippen LogP) is 2.84. The normalized spacial score (nSPS) is 18.4. The number of nitrogens with zero attached hydrogens (tertiary/aromatic N) is 5. The lowest BCUT2D eigenvalue weighted by Gasteiger charge is -2.35. The number of fused-ring (bicyclic) bond motifs is 1. The third kappa shape index (κ3) is 2.80. The molecule has 10 heteroatoms. The highest BCUT2D eigenvalue weighted by atomic mass is 19.4. The van der Waals surface area contributed by atoms with Crippen LogP contribution in [0.25, 0.3) is 5.78 Å². The van der Waals surface area contributed by atoms with E-state index in [1.807, 2.05) is 0 Å². The lowest BCUT2D eigenvalue weighted by molar-refractivity contribution is -0.142. The fraction of sp³-hybridized carbons (Fsp3) is 0.375. The van der Waals surface area contributed by atoms with Gasteiger partial charge in [0, 0.05) is 25.1 Å². The Labute approximate surface area is 145 Å². The van der Waals surface area contributed by atoms with Gasteiger partial charge in [0.05, 0.1) is 11.7 Å². The molecule has 0 radical (unpaired) electrons. The Morgan fingerprint density at radius 3 is 2.85 bits per heavy atom. The minimum Gasteiger partial charge on any atom is -0.329 e. The number of hydrogen-bond donors (Lipinski definition) is 1. The summed E-state index contributed by atoms with van der Waals surface area (Å²) in [5, 5.41) is 6.38. The first kappa shape index (κ1) is 16.6. The van der Waals surface area contributed by atoms with Crippen LogP contribution >= 0.6 is 0 Å². The van der Waals surface area contributed by atoms with E-state index in [0.717, 1.165) is 23.3 Å². The Bertz CT molecular complexity index is 933. The smallest absolute Gasteiger partial charge is 0.329 e. The summed E-state index contributed by atoms with van der Waals surface area (Å²) in [4.78, 5) is 22.5. The molecule has 0 unspecified atom stereocenters. The van der Waals surface area contributed by atoms with Crippen molar-refractivity contribution in [1.82, 2.24) is 29.5 Å². The van der Waals surface area contributed by atoms with E-state index in [9.17, 15) is 18.0 Å². The number of nitrogens with one attached hydrogen (secondary N) is 1. The Morgan fingerprint density at radius 1 is 1.27 bits per heavy atom. The molecule has 4 rings (SSSR count). The average Bonchev–Trinajstić information content (AvgIpc) is 3.30. The molecule has 3 aromatic heterocycles. The largest absolute Gasteiger partial charge is 0.431 e. The second-order valence-electron chi connectivity index (χ2n) is 6.14. The summed E-state index contributed by atoms with van der Waals surface area (Å²) >= 11 is 0. The van der Waals surface area contributed by atoms with Crippen molar-refractivity contribution in [3.05, 3.63) is 47.8 Å². The maximum absolute atomic E-state index is 13.5. The van der Waals surface area contributed by atoms with Gasteiger partial charge >= 0.3 is 6.18 Å². The first-order valence-electron chi connectivity index (χ1n) is 8.16. The molecular formula is C16H15F3N6O. The van der Waals surface area contributed by atoms with Crippen molar-refractivity contribution in [2.45, 2.75) is 31.5 Å². The van der Waals surface area contributed by atoms with E-state index in [0.29, 0.717) is 18.7 Å². The monoisotopic (exact) mass is 364 g/mol. The SMILES string of the molecule is O=C(c1ccn[nH]1)N1CCCC[C@@H]1c1cc(C(F)(F)F)n2ccnc2n1. The summed E-state index contributed by atoms with van der Waals surface area (Å²) in [6, 6.07) is 2.01. The molecule has 3 aromatic rings. The molecule has 1 aliphatic rings. The highest BCUT2D eigenvalue weighted by Crippen LogP contribution is 2.35. The van der Waals surface area contributed by atoms with Gasteiger partial charge in [-0.2, -0.15) is 18.3 Å². The molecule has 136 valence electrons. The van der Waals surface area contributed by atoms with E-state index in [2.05, 4.69) is 20.2 Å². The summed E-state index contributed by atoms with van der Waals surface area (Å²) < 4.78 is 41.3.